The molecule has 2 aliphatic rings. The summed E-state index contributed by atoms with van der Waals surface area (Å²) in [5.74, 6) is -2.48. The van der Waals surface area contributed by atoms with Gasteiger partial charge in [-0.1, -0.05) is 157 Å². The number of oxime groups is 1. The summed E-state index contributed by atoms with van der Waals surface area (Å²) in [7, 11) is -1.73. The second kappa shape index (κ2) is 18.7. The molecule has 2 amide bonds. The van der Waals surface area contributed by atoms with E-state index < -0.39 is 57.7 Å². The Morgan fingerprint density at radius 2 is 1.34 bits per heavy atom. The topological polar surface area (TPSA) is 139 Å². The predicted octanol–water partition coefficient (Wildman–Crippen LogP) is 7.92. The van der Waals surface area contributed by atoms with Gasteiger partial charge in [0.15, 0.2) is 16.9 Å². The Morgan fingerprint density at radius 1 is 0.839 bits per heavy atom. The minimum atomic E-state index is -1.73. The lowest BCUT2D eigenvalue weighted by molar-refractivity contribution is -0.154. The molecule has 0 saturated carbocycles. The molecule has 314 valence electrons. The molecule has 1 saturated heterocycles. The number of aromatic nitrogens is 1. The second-order valence-electron chi connectivity index (χ2n) is 14.9. The van der Waals surface area contributed by atoms with Gasteiger partial charge in [0, 0.05) is 11.3 Å². The van der Waals surface area contributed by atoms with Gasteiger partial charge in [0.2, 0.25) is 0 Å². The van der Waals surface area contributed by atoms with E-state index in [4.69, 9.17) is 26.2 Å². The highest BCUT2D eigenvalue weighted by Gasteiger charge is 2.57. The molecule has 0 radical (unpaired) electrons. The van der Waals surface area contributed by atoms with Crippen molar-refractivity contribution in [3.05, 3.63) is 202 Å². The van der Waals surface area contributed by atoms with Gasteiger partial charge in [-0.3, -0.25) is 18.7 Å². The molecule has 1 fully saturated rings. The number of anilines is 1. The van der Waals surface area contributed by atoms with Crippen LogP contribution in [-0.2, 0) is 40.3 Å². The van der Waals surface area contributed by atoms with Crippen LogP contribution in [0.4, 0.5) is 5.13 Å². The number of benzene rings is 5. The summed E-state index contributed by atoms with van der Waals surface area (Å²) in [6, 6.07) is 47.3. The summed E-state index contributed by atoms with van der Waals surface area (Å²) < 4.78 is 19.9. The smallest absolute Gasteiger partial charge is 0.356 e. The van der Waals surface area contributed by atoms with Crippen LogP contribution in [0.3, 0.4) is 0 Å². The molecular formula is C48H42ClN5O6S2. The van der Waals surface area contributed by atoms with Gasteiger partial charge in [-0.15, -0.1) is 22.9 Å². The summed E-state index contributed by atoms with van der Waals surface area (Å²) in [6.07, 6.45) is -1.20. The molecule has 0 bridgehead atoms. The maximum absolute atomic E-state index is 14.3. The van der Waals surface area contributed by atoms with E-state index in [2.05, 4.69) is 15.8 Å². The number of nitrogens with one attached hydrogen (secondary N) is 2. The quantitative estimate of drug-likeness (QED) is 0.0265. The molecule has 0 spiro atoms. The van der Waals surface area contributed by atoms with Gasteiger partial charge >= 0.3 is 5.97 Å². The fourth-order valence-corrected chi connectivity index (χ4v) is 10.4. The number of hydrogen-bond donors (Lipinski definition) is 2. The number of carbonyl (C=O) groups excluding carboxylic acids is 3. The van der Waals surface area contributed by atoms with Crippen LogP contribution in [0.1, 0.15) is 53.5 Å². The van der Waals surface area contributed by atoms with E-state index in [1.807, 2.05) is 152 Å². The SMILES string of the molecule is CC(C)ON=C(C(=O)NC1C(=O)N2C(C(=O)OC(c3ccccc3)c3ccccc3)=C(CCl)CS(=O)[C@H]12)c1csc(NC(c2ccccc2)(c2ccccc2)c2ccccc2)n1. The molecule has 6 aromatic rings. The molecule has 2 aliphatic heterocycles. The second-order valence-corrected chi connectivity index (χ2v) is 17.5. The Morgan fingerprint density at radius 3 is 1.82 bits per heavy atom. The van der Waals surface area contributed by atoms with Crippen LogP contribution in [0.25, 0.3) is 0 Å². The lowest BCUT2D eigenvalue weighted by Crippen LogP contribution is -2.74. The summed E-state index contributed by atoms with van der Waals surface area (Å²) in [5, 5.41) is 11.8. The molecule has 3 atom stereocenters. The maximum Gasteiger partial charge on any atom is 0.356 e. The standard InChI is InChI=1S/C48H42ClN5O6S2/c1-31(2)60-53-39(38-29-61-47(50-38)52-48(35-22-12-5-13-23-35,36-24-14-6-15-25-36)37-26-16-7-17-27-37)43(55)51-40-44(56)54-41(34(28-49)30-62(58)45(40)54)46(57)59-42(32-18-8-3-9-19-32)33-20-10-4-11-21-33/h3-27,29,31,40,42,45H,28,30H2,1-2H3,(H,50,52)(H,51,55)/t40?,45-,62?/m1/s1. The first-order valence-electron chi connectivity index (χ1n) is 19.9. The third-order valence-electron chi connectivity index (χ3n) is 10.5. The number of fused-ring (bicyclic) bond motifs is 1. The van der Waals surface area contributed by atoms with Crippen molar-refractivity contribution in [3.8, 4) is 0 Å². The van der Waals surface area contributed by atoms with Crippen molar-refractivity contribution in [3.63, 3.8) is 0 Å². The van der Waals surface area contributed by atoms with Crippen LogP contribution < -0.4 is 10.6 Å². The highest BCUT2D eigenvalue weighted by atomic mass is 35.5. The monoisotopic (exact) mass is 883 g/mol. The van der Waals surface area contributed by atoms with Gasteiger partial charge in [-0.2, -0.15) is 0 Å². The molecular weight excluding hydrogens is 842 g/mol. The average molecular weight is 884 g/mol. The van der Waals surface area contributed by atoms with Crippen LogP contribution in [0, 0.1) is 0 Å². The van der Waals surface area contributed by atoms with Crippen molar-refractivity contribution in [2.45, 2.75) is 43.0 Å². The minimum absolute atomic E-state index is 0.0806. The zero-order valence-corrected chi connectivity index (χ0v) is 36.1. The number of halogens is 1. The van der Waals surface area contributed by atoms with E-state index in [-0.39, 0.29) is 28.7 Å². The molecule has 2 unspecified atom stereocenters. The number of amides is 2. The lowest BCUT2D eigenvalue weighted by atomic mass is 9.77. The van der Waals surface area contributed by atoms with Crippen molar-refractivity contribution < 1.29 is 28.2 Å². The van der Waals surface area contributed by atoms with Gasteiger partial charge in [0.05, 0.1) is 16.6 Å². The maximum atomic E-state index is 14.3. The summed E-state index contributed by atoms with van der Waals surface area (Å²) in [5.41, 5.74) is 3.65. The molecule has 62 heavy (non-hydrogen) atoms. The first-order chi connectivity index (χ1) is 30.2. The first kappa shape index (κ1) is 42.3. The molecule has 0 aliphatic carbocycles. The Hall–Kier alpha value is -6.41. The predicted molar refractivity (Wildman–Crippen MR) is 242 cm³/mol. The van der Waals surface area contributed by atoms with Crippen molar-refractivity contribution >= 4 is 62.4 Å². The number of thiazole rings is 1. The Labute approximate surface area is 370 Å². The number of esters is 1. The molecule has 14 heteroatoms. The minimum Gasteiger partial charge on any atom is -0.448 e. The first-order valence-corrected chi connectivity index (χ1v) is 22.7. The van der Waals surface area contributed by atoms with Crippen LogP contribution in [0.5, 0.6) is 0 Å². The van der Waals surface area contributed by atoms with Crippen molar-refractivity contribution in [1.29, 1.82) is 0 Å². The van der Waals surface area contributed by atoms with Crippen LogP contribution in [0.2, 0.25) is 0 Å². The van der Waals surface area contributed by atoms with E-state index in [9.17, 15) is 18.6 Å². The number of carbonyl (C=O) groups is 3. The molecule has 3 heterocycles. The highest BCUT2D eigenvalue weighted by Crippen LogP contribution is 2.41. The third kappa shape index (κ3) is 8.43. The lowest BCUT2D eigenvalue weighted by Gasteiger charge is -2.49. The Bertz CT molecular complexity index is 2490. The van der Waals surface area contributed by atoms with Gasteiger partial charge in [0.1, 0.15) is 34.4 Å². The number of alkyl halides is 1. The normalized spacial score (nSPS) is 17.6. The Balaban J connectivity index is 1.07. The van der Waals surface area contributed by atoms with Crippen LogP contribution >= 0.6 is 22.9 Å². The molecule has 11 nitrogen and oxygen atoms in total. The molecule has 5 aromatic carbocycles. The number of hydrogen-bond acceptors (Lipinski definition) is 10. The third-order valence-corrected chi connectivity index (χ3v) is 13.2. The van der Waals surface area contributed by atoms with Gasteiger partial charge in [0.25, 0.3) is 11.8 Å². The van der Waals surface area contributed by atoms with E-state index in [0.717, 1.165) is 32.7 Å². The fourth-order valence-electron chi connectivity index (χ4n) is 7.64. The van der Waals surface area contributed by atoms with Gasteiger partial charge in [-0.05, 0) is 47.2 Å². The van der Waals surface area contributed by atoms with Crippen molar-refractivity contribution in [2.75, 3.05) is 16.9 Å². The molecule has 2 N–H and O–H groups in total. The van der Waals surface area contributed by atoms with Gasteiger partial charge in [-0.25, -0.2) is 9.78 Å². The average Bonchev–Trinajstić information content (AvgIpc) is 3.77. The number of rotatable bonds is 15. The van der Waals surface area contributed by atoms with Gasteiger partial charge < -0.3 is 20.2 Å². The fraction of sp³-hybridized carbons (Fsp3) is 0.188. The Kier molecular flexibility index (Phi) is 12.7. The van der Waals surface area contributed by atoms with E-state index in [0.29, 0.717) is 10.7 Å². The largest absolute Gasteiger partial charge is 0.448 e. The van der Waals surface area contributed by atoms with Crippen molar-refractivity contribution in [2.24, 2.45) is 5.16 Å². The summed E-state index contributed by atoms with van der Waals surface area (Å²) in [6.45, 7) is 3.53. The van der Waals surface area contributed by atoms with E-state index >= 15 is 0 Å². The number of nitrogens with zero attached hydrogens (tertiary/aromatic N) is 3. The van der Waals surface area contributed by atoms with Crippen LogP contribution in [-0.4, -0.2) is 66.7 Å². The molecule has 8 rings (SSSR count). The summed E-state index contributed by atoms with van der Waals surface area (Å²) in [4.78, 5) is 54.1. The van der Waals surface area contributed by atoms with E-state index in [1.54, 1.807) is 19.2 Å². The molecule has 1 aromatic heterocycles. The number of ether oxygens (including phenoxy) is 1. The highest BCUT2D eigenvalue weighted by molar-refractivity contribution is 7.86. The van der Waals surface area contributed by atoms with E-state index in [1.165, 1.54) is 11.3 Å². The summed E-state index contributed by atoms with van der Waals surface area (Å²) >= 11 is 7.60. The zero-order chi connectivity index (χ0) is 43.2. The van der Waals surface area contributed by atoms with Crippen molar-refractivity contribution in [1.82, 2.24) is 15.2 Å². The van der Waals surface area contributed by atoms with Crippen LogP contribution in [0.15, 0.2) is 173 Å². The zero-order valence-electron chi connectivity index (χ0n) is 33.7. The number of β-lactam (4-membered cyclic amide) rings is 1.